The van der Waals surface area contributed by atoms with Crippen molar-refractivity contribution >= 4 is 51.9 Å². The van der Waals surface area contributed by atoms with Crippen molar-refractivity contribution in [2.45, 2.75) is 71.6 Å². The van der Waals surface area contributed by atoms with Crippen molar-refractivity contribution in [3.63, 3.8) is 0 Å². The zero-order chi connectivity index (χ0) is 31.2. The van der Waals surface area contributed by atoms with E-state index in [1.54, 1.807) is 43.0 Å². The van der Waals surface area contributed by atoms with E-state index in [1.807, 2.05) is 20.8 Å². The number of aromatic nitrogens is 1. The standard InChI is InChI=1S/C32H33Cl2FN4O4/c1-6-42-30(40)23-16(2)37-29-20(28(23)38-27-18-14-22(27)39(15-18)31(41)43-32(3,4)5)13-17(9-8-12-36)24(26(29)35)19-10-7-11-21(33)25(19)34/h7,10-11,13,18,22,27H,6,8-9,14-15H2,1-5H3,(H,37,38). The molecule has 3 unspecified atom stereocenters. The minimum Gasteiger partial charge on any atom is -0.462 e. The summed E-state index contributed by atoms with van der Waals surface area (Å²) in [4.78, 5) is 32.5. The van der Waals surface area contributed by atoms with E-state index in [-0.39, 0.29) is 69.8 Å². The first-order valence-electron chi connectivity index (χ1n) is 14.3. The molecule has 43 heavy (non-hydrogen) atoms. The molecule has 1 amide bonds. The van der Waals surface area contributed by atoms with Crippen LogP contribution in [-0.4, -0.2) is 52.8 Å². The van der Waals surface area contributed by atoms with Crippen LogP contribution < -0.4 is 5.32 Å². The van der Waals surface area contributed by atoms with Crippen LogP contribution in [-0.2, 0) is 15.9 Å². The molecular formula is C32H33Cl2FN4O4. The molecule has 0 spiro atoms. The summed E-state index contributed by atoms with van der Waals surface area (Å²) in [5.74, 6) is -1.11. The van der Waals surface area contributed by atoms with Crippen molar-refractivity contribution in [1.29, 1.82) is 5.26 Å². The average molecular weight is 628 g/mol. The van der Waals surface area contributed by atoms with Gasteiger partial charge in [-0.25, -0.2) is 19.0 Å². The van der Waals surface area contributed by atoms with Gasteiger partial charge in [0.25, 0.3) is 0 Å². The highest BCUT2D eigenvalue weighted by atomic mass is 35.5. The number of nitrogens with zero attached hydrogens (tertiary/aromatic N) is 3. The largest absolute Gasteiger partial charge is 0.462 e. The molecule has 226 valence electrons. The second-order valence-electron chi connectivity index (χ2n) is 11.9. The number of nitriles is 1. The second-order valence-corrected chi connectivity index (χ2v) is 12.7. The van der Waals surface area contributed by atoms with Crippen LogP contribution in [0.5, 0.6) is 0 Å². The monoisotopic (exact) mass is 626 g/mol. The Labute approximate surface area is 260 Å². The molecule has 1 N–H and O–H groups in total. The molecule has 3 heterocycles. The molecule has 11 heteroatoms. The summed E-state index contributed by atoms with van der Waals surface area (Å²) in [6, 6.07) is 8.49. The second kappa shape index (κ2) is 11.8. The van der Waals surface area contributed by atoms with E-state index in [2.05, 4.69) is 16.4 Å². The SMILES string of the molecule is CCOC(=O)c1c(C)nc2c(F)c(-c3cccc(Cl)c3Cl)c(CCC#N)cc2c1NC1C2CC1N(C(=O)OC(C)(C)C)C2. The Balaban J connectivity index is 1.67. The summed E-state index contributed by atoms with van der Waals surface area (Å²) in [6.07, 6.45) is 0.747. The number of esters is 1. The minimum atomic E-state index is -0.636. The Kier molecular flexibility index (Phi) is 8.47. The van der Waals surface area contributed by atoms with E-state index >= 15 is 4.39 Å². The molecule has 6 rings (SSSR count). The molecule has 3 atom stereocenters. The van der Waals surface area contributed by atoms with Crippen molar-refractivity contribution in [2.24, 2.45) is 5.92 Å². The lowest BCUT2D eigenvalue weighted by molar-refractivity contribution is 0.0238. The maximum absolute atomic E-state index is 16.7. The first kappa shape index (κ1) is 30.8. The van der Waals surface area contributed by atoms with E-state index in [0.29, 0.717) is 28.7 Å². The Morgan fingerprint density at radius 3 is 2.70 bits per heavy atom. The minimum absolute atomic E-state index is 0.0375. The number of ether oxygens (including phenoxy) is 2. The van der Waals surface area contributed by atoms with Crippen LogP contribution in [0.4, 0.5) is 14.9 Å². The molecule has 1 aromatic heterocycles. The van der Waals surface area contributed by atoms with Gasteiger partial charge in [-0.15, -0.1) is 0 Å². The molecule has 2 aliphatic heterocycles. The summed E-state index contributed by atoms with van der Waals surface area (Å²) >= 11 is 12.8. The zero-order valence-electron chi connectivity index (χ0n) is 24.7. The van der Waals surface area contributed by atoms with Gasteiger partial charge in [0, 0.05) is 35.4 Å². The maximum Gasteiger partial charge on any atom is 0.410 e. The molecule has 8 nitrogen and oxygen atoms in total. The number of aryl methyl sites for hydroxylation is 2. The van der Waals surface area contributed by atoms with E-state index in [1.165, 1.54) is 0 Å². The Morgan fingerprint density at radius 2 is 2.02 bits per heavy atom. The van der Waals surface area contributed by atoms with Gasteiger partial charge in [0.05, 0.1) is 46.2 Å². The molecule has 2 bridgehead atoms. The number of carbonyl (C=O) groups excluding carboxylic acids is 2. The lowest BCUT2D eigenvalue weighted by atomic mass is 9.79. The average Bonchev–Trinajstić information content (AvgIpc) is 3.53. The quantitative estimate of drug-likeness (QED) is 0.268. The fourth-order valence-corrected chi connectivity index (χ4v) is 6.44. The first-order valence-corrected chi connectivity index (χ1v) is 15.0. The van der Waals surface area contributed by atoms with Crippen molar-refractivity contribution < 1.29 is 23.5 Å². The fourth-order valence-electron chi connectivity index (χ4n) is 6.04. The summed E-state index contributed by atoms with van der Waals surface area (Å²) < 4.78 is 27.7. The van der Waals surface area contributed by atoms with Gasteiger partial charge in [0.2, 0.25) is 0 Å². The molecule has 3 aromatic rings. The van der Waals surface area contributed by atoms with Crippen molar-refractivity contribution in [2.75, 3.05) is 18.5 Å². The number of pyridine rings is 1. The molecular weight excluding hydrogens is 594 g/mol. The first-order chi connectivity index (χ1) is 20.4. The highest BCUT2D eigenvalue weighted by molar-refractivity contribution is 6.43. The summed E-state index contributed by atoms with van der Waals surface area (Å²) in [5, 5.41) is 13.7. The number of hydrogen-bond donors (Lipinski definition) is 1. The van der Waals surface area contributed by atoms with Gasteiger partial charge in [-0.3, -0.25) is 0 Å². The van der Waals surface area contributed by atoms with Crippen LogP contribution in [0.3, 0.4) is 0 Å². The van der Waals surface area contributed by atoms with Gasteiger partial charge >= 0.3 is 12.1 Å². The topological polar surface area (TPSA) is 105 Å². The smallest absolute Gasteiger partial charge is 0.410 e. The van der Waals surface area contributed by atoms with Crippen molar-refractivity contribution in [1.82, 2.24) is 9.88 Å². The van der Waals surface area contributed by atoms with Gasteiger partial charge in [0.1, 0.15) is 16.7 Å². The summed E-state index contributed by atoms with van der Waals surface area (Å²) in [6.45, 7) is 9.46. The number of benzene rings is 2. The van der Waals surface area contributed by atoms with Gasteiger partial charge in [0.15, 0.2) is 5.82 Å². The third-order valence-corrected chi connectivity index (χ3v) is 8.75. The van der Waals surface area contributed by atoms with Gasteiger partial charge in [-0.1, -0.05) is 35.3 Å². The van der Waals surface area contributed by atoms with E-state index in [9.17, 15) is 14.9 Å². The maximum atomic E-state index is 16.7. The van der Waals surface area contributed by atoms with Crippen molar-refractivity contribution in [3.05, 3.63) is 56.9 Å². The Hall–Kier alpha value is -3.61. The van der Waals surface area contributed by atoms with Crippen LogP contribution in [0.15, 0.2) is 24.3 Å². The number of halogens is 3. The number of amides is 1. The Morgan fingerprint density at radius 1 is 1.28 bits per heavy atom. The molecule has 2 saturated heterocycles. The van der Waals surface area contributed by atoms with Crippen molar-refractivity contribution in [3.8, 4) is 17.2 Å². The molecule has 1 aliphatic carbocycles. The van der Waals surface area contributed by atoms with Crippen LogP contribution in [0.25, 0.3) is 22.0 Å². The van der Waals surface area contributed by atoms with Gasteiger partial charge in [-0.05, 0) is 65.2 Å². The molecule has 0 radical (unpaired) electrons. The third-order valence-electron chi connectivity index (χ3n) is 7.93. The van der Waals surface area contributed by atoms with Crippen LogP contribution >= 0.6 is 23.2 Å². The van der Waals surface area contributed by atoms with Gasteiger partial charge < -0.3 is 19.7 Å². The van der Waals surface area contributed by atoms with Gasteiger partial charge in [-0.2, -0.15) is 5.26 Å². The van der Waals surface area contributed by atoms with Crippen LogP contribution in [0.1, 0.15) is 62.2 Å². The summed E-state index contributed by atoms with van der Waals surface area (Å²) in [7, 11) is 0. The number of nitrogens with one attached hydrogen (secondary N) is 1. The third kappa shape index (κ3) is 5.71. The highest BCUT2D eigenvalue weighted by Gasteiger charge is 2.55. The fraction of sp³-hybridized carbons (Fsp3) is 0.438. The van der Waals surface area contributed by atoms with E-state index < -0.39 is 23.5 Å². The normalized spacial score (nSPS) is 19.1. The van der Waals surface area contributed by atoms with Crippen LogP contribution in [0.2, 0.25) is 10.0 Å². The number of carbonyl (C=O) groups is 2. The number of hydrogen-bond acceptors (Lipinski definition) is 7. The molecule has 3 fully saturated rings. The number of anilines is 1. The lowest BCUT2D eigenvalue weighted by Crippen LogP contribution is -2.50. The summed E-state index contributed by atoms with van der Waals surface area (Å²) in [5.41, 5.74) is 1.38. The van der Waals surface area contributed by atoms with E-state index in [4.69, 9.17) is 32.7 Å². The number of rotatable bonds is 7. The molecule has 3 aliphatic rings. The molecule has 2 aromatic carbocycles. The lowest BCUT2D eigenvalue weighted by Gasteiger charge is -2.38. The number of fused-ring (bicyclic) bond motifs is 2. The Bertz CT molecular complexity index is 1670. The zero-order valence-corrected chi connectivity index (χ0v) is 26.2. The predicted molar refractivity (Wildman–Crippen MR) is 164 cm³/mol. The van der Waals surface area contributed by atoms with E-state index in [0.717, 1.165) is 6.42 Å². The highest BCUT2D eigenvalue weighted by Crippen LogP contribution is 2.46. The molecule has 1 saturated carbocycles. The van der Waals surface area contributed by atoms with Crippen LogP contribution in [0, 0.1) is 30.0 Å². The predicted octanol–water partition coefficient (Wildman–Crippen LogP) is 7.71.